The molecule has 3 N–H and O–H groups in total. The fourth-order valence-corrected chi connectivity index (χ4v) is 3.97. The van der Waals surface area contributed by atoms with Crippen LogP contribution < -0.4 is 20.9 Å². The normalized spacial score (nSPS) is 17.8. The second-order valence-corrected chi connectivity index (χ2v) is 9.14. The van der Waals surface area contributed by atoms with Gasteiger partial charge in [0.2, 0.25) is 11.5 Å². The van der Waals surface area contributed by atoms with Gasteiger partial charge in [0.05, 0.1) is 19.8 Å². The molecule has 9 heteroatoms. The molecule has 3 atom stereocenters. The highest BCUT2D eigenvalue weighted by Crippen LogP contribution is 2.29. The molecule has 1 aliphatic rings. The molecule has 1 aliphatic heterocycles. The lowest BCUT2D eigenvalue weighted by Gasteiger charge is -2.24. The summed E-state index contributed by atoms with van der Waals surface area (Å²) in [6, 6.07) is 18.8. The molecule has 0 spiro atoms. The van der Waals surface area contributed by atoms with Gasteiger partial charge in [-0.1, -0.05) is 48.5 Å². The number of hydrogen-bond donors (Lipinski definition) is 3. The van der Waals surface area contributed by atoms with Gasteiger partial charge >= 0.3 is 0 Å². The summed E-state index contributed by atoms with van der Waals surface area (Å²) in [4.78, 5) is 53.8. The second-order valence-electron chi connectivity index (χ2n) is 9.14. The van der Waals surface area contributed by atoms with Crippen molar-refractivity contribution >= 4 is 17.6 Å². The van der Waals surface area contributed by atoms with Crippen molar-refractivity contribution in [3.8, 4) is 5.75 Å². The number of ether oxygens (including phenoxy) is 2. The number of pyridine rings is 1. The molecule has 4 rings (SSSR count). The number of aromatic nitrogens is 1. The number of benzene rings is 2. The zero-order valence-electron chi connectivity index (χ0n) is 20.7. The van der Waals surface area contributed by atoms with Crippen molar-refractivity contribution in [2.75, 3.05) is 13.7 Å². The zero-order valence-corrected chi connectivity index (χ0v) is 20.7. The molecule has 1 saturated heterocycles. The first kappa shape index (κ1) is 25.8. The molecular formula is C28H29N3O6. The number of rotatable bonds is 11. The highest BCUT2D eigenvalue weighted by molar-refractivity contribution is 5.99. The van der Waals surface area contributed by atoms with Crippen LogP contribution in [0.1, 0.15) is 28.5 Å². The van der Waals surface area contributed by atoms with Crippen LogP contribution in [0.2, 0.25) is 0 Å². The number of carbonyl (C=O) groups excluding carboxylic acids is 3. The molecular weight excluding hydrogens is 474 g/mol. The molecule has 0 saturated carbocycles. The molecule has 0 bridgehead atoms. The number of aromatic amines is 1. The van der Waals surface area contributed by atoms with E-state index in [-0.39, 0.29) is 24.3 Å². The largest absolute Gasteiger partial charge is 0.497 e. The number of nitrogens with one attached hydrogen (secondary N) is 3. The highest BCUT2D eigenvalue weighted by Gasteiger charge is 2.50. The van der Waals surface area contributed by atoms with Gasteiger partial charge in [0.1, 0.15) is 23.1 Å². The van der Waals surface area contributed by atoms with Gasteiger partial charge in [0.25, 0.3) is 5.91 Å². The van der Waals surface area contributed by atoms with Crippen LogP contribution in [0.15, 0.2) is 77.6 Å². The van der Waals surface area contributed by atoms with E-state index in [1.54, 1.807) is 38.3 Å². The SMILES string of the molecule is COc1ccc(C[C@H](NC(=O)c2cccc(=O)[nH]2)C(=O)N[C@@H](Cc2ccccc2)C(=O)[C@]2(C)CO2)cc1. The van der Waals surface area contributed by atoms with E-state index in [0.29, 0.717) is 12.4 Å². The number of ketones is 1. The van der Waals surface area contributed by atoms with Crippen molar-refractivity contribution in [3.63, 3.8) is 0 Å². The first-order chi connectivity index (χ1) is 17.8. The lowest BCUT2D eigenvalue weighted by atomic mass is 9.94. The van der Waals surface area contributed by atoms with Crippen LogP contribution in [0.4, 0.5) is 0 Å². The molecule has 0 unspecified atom stereocenters. The molecule has 2 heterocycles. The standard InChI is InChI=1S/C28H29N3O6/c1-28(17-37-28)25(33)22(15-18-7-4-3-5-8-18)30-27(35)23(16-19-11-13-20(36-2)14-12-19)31-26(34)21-9-6-10-24(32)29-21/h3-14,22-23H,15-17H2,1-2H3,(H,29,32)(H,30,35)(H,31,34)/t22-,23-,28-/m0/s1. The molecule has 0 radical (unpaired) electrons. The van der Waals surface area contributed by atoms with Crippen LogP contribution in [0.3, 0.4) is 0 Å². The van der Waals surface area contributed by atoms with Crippen molar-refractivity contribution in [1.82, 2.24) is 15.6 Å². The Morgan fingerprint density at radius 2 is 1.57 bits per heavy atom. The van der Waals surface area contributed by atoms with Crippen LogP contribution in [0, 0.1) is 0 Å². The summed E-state index contributed by atoms with van der Waals surface area (Å²) in [7, 11) is 1.56. The molecule has 37 heavy (non-hydrogen) atoms. The summed E-state index contributed by atoms with van der Waals surface area (Å²) in [5.74, 6) is -0.718. The first-order valence-corrected chi connectivity index (χ1v) is 11.9. The average molecular weight is 504 g/mol. The van der Waals surface area contributed by atoms with E-state index in [1.165, 1.54) is 18.2 Å². The van der Waals surface area contributed by atoms with Crippen molar-refractivity contribution in [3.05, 3.63) is 100.0 Å². The molecule has 1 aromatic heterocycles. The summed E-state index contributed by atoms with van der Waals surface area (Å²) in [6.07, 6.45) is 0.429. The van der Waals surface area contributed by atoms with Gasteiger partial charge in [0, 0.05) is 12.5 Å². The number of hydrogen-bond acceptors (Lipinski definition) is 6. The van der Waals surface area contributed by atoms with Gasteiger partial charge in [-0.2, -0.15) is 0 Å². The summed E-state index contributed by atoms with van der Waals surface area (Å²) < 4.78 is 10.5. The van der Waals surface area contributed by atoms with Crippen molar-refractivity contribution < 1.29 is 23.9 Å². The number of methoxy groups -OCH3 is 1. The third-order valence-corrected chi connectivity index (χ3v) is 6.25. The summed E-state index contributed by atoms with van der Waals surface area (Å²) in [5, 5.41) is 5.55. The average Bonchev–Trinajstić information content (AvgIpc) is 3.66. The Morgan fingerprint density at radius 3 is 2.19 bits per heavy atom. The van der Waals surface area contributed by atoms with Crippen molar-refractivity contribution in [2.45, 2.75) is 37.5 Å². The lowest BCUT2D eigenvalue weighted by molar-refractivity contribution is -0.131. The highest BCUT2D eigenvalue weighted by atomic mass is 16.6. The fraction of sp³-hybridized carbons (Fsp3) is 0.286. The van der Waals surface area contributed by atoms with Crippen molar-refractivity contribution in [2.24, 2.45) is 0 Å². The molecule has 1 fully saturated rings. The minimum absolute atomic E-state index is 0.0239. The molecule has 2 amide bonds. The monoisotopic (exact) mass is 503 g/mol. The van der Waals surface area contributed by atoms with Gasteiger partial charge in [-0.25, -0.2) is 0 Å². The third kappa shape index (κ3) is 6.71. The second kappa shape index (κ2) is 11.2. The third-order valence-electron chi connectivity index (χ3n) is 6.25. The van der Waals surface area contributed by atoms with Crippen LogP contribution >= 0.6 is 0 Å². The van der Waals surface area contributed by atoms with E-state index in [2.05, 4.69) is 15.6 Å². The van der Waals surface area contributed by atoms with E-state index in [9.17, 15) is 19.2 Å². The molecule has 3 aromatic rings. The van der Waals surface area contributed by atoms with E-state index in [4.69, 9.17) is 9.47 Å². The Balaban J connectivity index is 1.57. The maximum Gasteiger partial charge on any atom is 0.268 e. The number of carbonyl (C=O) groups is 3. The Bertz CT molecular complexity index is 1320. The van der Waals surface area contributed by atoms with Gasteiger partial charge in [-0.15, -0.1) is 0 Å². The summed E-state index contributed by atoms with van der Waals surface area (Å²) >= 11 is 0. The maximum atomic E-state index is 13.5. The Kier molecular flexibility index (Phi) is 7.83. The smallest absolute Gasteiger partial charge is 0.268 e. The van der Waals surface area contributed by atoms with Gasteiger partial charge in [0.15, 0.2) is 5.78 Å². The summed E-state index contributed by atoms with van der Waals surface area (Å²) in [5.41, 5.74) is 0.297. The van der Waals surface area contributed by atoms with E-state index in [0.717, 1.165) is 11.1 Å². The maximum absolute atomic E-state index is 13.5. The first-order valence-electron chi connectivity index (χ1n) is 11.9. The lowest BCUT2D eigenvalue weighted by Crippen LogP contribution is -2.55. The van der Waals surface area contributed by atoms with Crippen molar-refractivity contribution in [1.29, 1.82) is 0 Å². The predicted octanol–water partition coefficient (Wildman–Crippen LogP) is 1.81. The van der Waals surface area contributed by atoms with Gasteiger partial charge in [-0.3, -0.25) is 19.2 Å². The van der Waals surface area contributed by atoms with E-state index < -0.39 is 35.1 Å². The molecule has 192 valence electrons. The molecule has 2 aromatic carbocycles. The van der Waals surface area contributed by atoms with Gasteiger partial charge < -0.3 is 25.1 Å². The topological polar surface area (TPSA) is 130 Å². The Labute approximate surface area is 214 Å². The number of Topliss-reactive ketones (excluding diaryl/α,β-unsaturated/α-hetero) is 1. The van der Waals surface area contributed by atoms with Crippen LogP contribution in [-0.2, 0) is 27.2 Å². The predicted molar refractivity (Wildman–Crippen MR) is 136 cm³/mol. The molecule has 0 aliphatic carbocycles. The van der Waals surface area contributed by atoms with Gasteiger partial charge in [-0.05, 0) is 42.7 Å². The van der Waals surface area contributed by atoms with E-state index in [1.807, 2.05) is 30.3 Å². The van der Waals surface area contributed by atoms with E-state index >= 15 is 0 Å². The number of amides is 2. The van der Waals surface area contributed by atoms with Crippen LogP contribution in [0.25, 0.3) is 0 Å². The number of epoxide rings is 1. The van der Waals surface area contributed by atoms with Crippen LogP contribution in [0.5, 0.6) is 5.75 Å². The van der Waals surface area contributed by atoms with Crippen LogP contribution in [-0.4, -0.2) is 54.0 Å². The zero-order chi connectivity index (χ0) is 26.4. The Hall–Kier alpha value is -4.24. The molecule has 9 nitrogen and oxygen atoms in total. The minimum Gasteiger partial charge on any atom is -0.497 e. The number of H-pyrrole nitrogens is 1. The fourth-order valence-electron chi connectivity index (χ4n) is 3.97. The minimum atomic E-state index is -1.02. The summed E-state index contributed by atoms with van der Waals surface area (Å²) in [6.45, 7) is 1.99. The Morgan fingerprint density at radius 1 is 0.919 bits per heavy atom. The quantitative estimate of drug-likeness (QED) is 0.342.